The molecule has 2 heterocycles. The average molecular weight is 226 g/mol. The van der Waals surface area contributed by atoms with Gasteiger partial charge in [0.15, 0.2) is 0 Å². The van der Waals surface area contributed by atoms with Crippen LogP contribution >= 0.6 is 0 Å². The van der Waals surface area contributed by atoms with E-state index < -0.39 is 10.0 Å². The highest BCUT2D eigenvalue weighted by Gasteiger charge is 2.21. The number of hydrogen-bond acceptors (Lipinski definition) is 4. The minimum Gasteiger partial charge on any atom is -0.328 e. The first kappa shape index (κ1) is 10.1. The average Bonchev–Trinajstić information content (AvgIpc) is 2.63. The van der Waals surface area contributed by atoms with Crippen molar-refractivity contribution < 1.29 is 8.42 Å². The van der Waals surface area contributed by atoms with E-state index in [1.54, 1.807) is 12.4 Å². The first-order valence-electron chi connectivity index (χ1n) is 4.23. The lowest BCUT2D eigenvalue weighted by Gasteiger charge is -2.10. The number of rotatable bonds is 2. The van der Waals surface area contributed by atoms with Crippen LogP contribution < -0.4 is 0 Å². The van der Waals surface area contributed by atoms with Crippen molar-refractivity contribution in [3.63, 3.8) is 0 Å². The quantitative estimate of drug-likeness (QED) is 0.740. The van der Waals surface area contributed by atoms with Gasteiger partial charge in [0.05, 0.1) is 11.9 Å². The van der Waals surface area contributed by atoms with Crippen LogP contribution in [0.1, 0.15) is 0 Å². The Hall–Kier alpha value is -1.47. The van der Waals surface area contributed by atoms with E-state index in [2.05, 4.69) is 15.0 Å². The largest absolute Gasteiger partial charge is 0.328 e. The lowest BCUT2D eigenvalue weighted by atomic mass is 10.3. The lowest BCUT2D eigenvalue weighted by molar-refractivity contribution is 0.512. The van der Waals surface area contributed by atoms with Crippen LogP contribution in [-0.4, -0.2) is 41.8 Å². The van der Waals surface area contributed by atoms with Crippen LogP contribution in [0.3, 0.4) is 0 Å². The zero-order chi connectivity index (χ0) is 11.1. The molecule has 7 heteroatoms. The zero-order valence-electron chi connectivity index (χ0n) is 8.30. The minimum atomic E-state index is -3.51. The molecule has 6 nitrogen and oxygen atoms in total. The molecule has 0 radical (unpaired) electrons. The number of nitrogens with zero attached hydrogens (tertiary/aromatic N) is 3. The van der Waals surface area contributed by atoms with E-state index in [0.29, 0.717) is 5.69 Å². The van der Waals surface area contributed by atoms with E-state index in [-0.39, 0.29) is 5.16 Å². The Labute approximate surface area is 87.4 Å². The van der Waals surface area contributed by atoms with Crippen molar-refractivity contribution in [2.75, 3.05) is 14.1 Å². The third kappa shape index (κ3) is 1.59. The molecule has 0 bridgehead atoms. The predicted molar refractivity (Wildman–Crippen MR) is 53.9 cm³/mol. The van der Waals surface area contributed by atoms with Gasteiger partial charge >= 0.3 is 0 Å². The molecule has 0 saturated carbocycles. The Balaban J connectivity index is 2.60. The summed E-state index contributed by atoms with van der Waals surface area (Å²) in [6.45, 7) is 0. The summed E-state index contributed by atoms with van der Waals surface area (Å²) in [5.41, 5.74) is 1.44. The number of H-pyrrole nitrogens is 1. The van der Waals surface area contributed by atoms with Gasteiger partial charge in [-0.25, -0.2) is 17.7 Å². The van der Waals surface area contributed by atoms with E-state index in [1.807, 2.05) is 0 Å². The number of aromatic nitrogens is 3. The van der Waals surface area contributed by atoms with E-state index >= 15 is 0 Å². The maximum Gasteiger partial charge on any atom is 0.276 e. The van der Waals surface area contributed by atoms with Crippen LogP contribution in [0, 0.1) is 0 Å². The van der Waals surface area contributed by atoms with Crippen LogP contribution in [0.5, 0.6) is 0 Å². The van der Waals surface area contributed by atoms with Gasteiger partial charge in [0, 0.05) is 32.1 Å². The highest BCUT2D eigenvalue weighted by molar-refractivity contribution is 7.88. The summed E-state index contributed by atoms with van der Waals surface area (Å²) in [5.74, 6) is 0. The van der Waals surface area contributed by atoms with Crippen molar-refractivity contribution in [1.82, 2.24) is 19.3 Å². The number of aromatic amines is 1. The molecule has 2 rings (SSSR count). The molecular formula is C8H10N4O2S. The maximum atomic E-state index is 11.7. The fourth-order valence-electron chi connectivity index (χ4n) is 1.12. The number of hydrogen-bond donors (Lipinski definition) is 1. The van der Waals surface area contributed by atoms with Crippen molar-refractivity contribution >= 4 is 10.0 Å². The molecule has 0 aromatic heterocycles. The summed E-state index contributed by atoms with van der Waals surface area (Å²) in [7, 11) is -0.594. The lowest BCUT2D eigenvalue weighted by Crippen LogP contribution is -2.24. The van der Waals surface area contributed by atoms with Crippen LogP contribution in [0.2, 0.25) is 0 Å². The van der Waals surface area contributed by atoms with Crippen molar-refractivity contribution in [1.29, 1.82) is 0 Å². The van der Waals surface area contributed by atoms with Crippen molar-refractivity contribution in [2.24, 2.45) is 0 Å². The van der Waals surface area contributed by atoms with Gasteiger partial charge in [-0.3, -0.25) is 4.98 Å². The molecule has 1 N–H and O–H groups in total. The number of nitrogens with one attached hydrogen (secondary N) is 1. The first-order valence-corrected chi connectivity index (χ1v) is 5.67. The molecule has 0 aliphatic carbocycles. The molecule has 0 spiro atoms. The molecule has 0 aromatic rings. The molecule has 2 aliphatic rings. The van der Waals surface area contributed by atoms with Gasteiger partial charge in [0.25, 0.3) is 10.0 Å². The summed E-state index contributed by atoms with van der Waals surface area (Å²) in [6, 6.07) is 0. The SMILES string of the molecule is CN(C)S(=O)(=O)c1ncc2cncc-2[nH]1. The van der Waals surface area contributed by atoms with Gasteiger partial charge in [0.2, 0.25) is 5.16 Å². The summed E-state index contributed by atoms with van der Waals surface area (Å²) in [5, 5.41) is -0.0759. The van der Waals surface area contributed by atoms with Gasteiger partial charge in [-0.1, -0.05) is 0 Å². The summed E-state index contributed by atoms with van der Waals surface area (Å²) in [6.07, 6.45) is 4.66. The van der Waals surface area contributed by atoms with E-state index in [4.69, 9.17) is 0 Å². The van der Waals surface area contributed by atoms with Crippen molar-refractivity contribution in [3.8, 4) is 11.3 Å². The zero-order valence-corrected chi connectivity index (χ0v) is 9.11. The Morgan fingerprint density at radius 2 is 2.00 bits per heavy atom. The minimum absolute atomic E-state index is 0.0759. The Bertz CT molecular complexity index is 546. The van der Waals surface area contributed by atoms with Crippen LogP contribution in [0.25, 0.3) is 11.3 Å². The molecule has 2 aliphatic heterocycles. The second-order valence-corrected chi connectivity index (χ2v) is 5.32. The maximum absolute atomic E-state index is 11.7. The molecule has 15 heavy (non-hydrogen) atoms. The Kier molecular flexibility index (Phi) is 2.20. The molecule has 0 atom stereocenters. The normalized spacial score (nSPS) is 12.5. The highest BCUT2D eigenvalue weighted by Crippen LogP contribution is 2.19. The van der Waals surface area contributed by atoms with E-state index in [9.17, 15) is 8.42 Å². The summed E-state index contributed by atoms with van der Waals surface area (Å²) < 4.78 is 24.5. The smallest absolute Gasteiger partial charge is 0.276 e. The Morgan fingerprint density at radius 1 is 1.27 bits per heavy atom. The summed E-state index contributed by atoms with van der Waals surface area (Å²) >= 11 is 0. The predicted octanol–water partition coefficient (Wildman–Crippen LogP) is 0.160. The van der Waals surface area contributed by atoms with Crippen molar-refractivity contribution in [2.45, 2.75) is 5.16 Å². The molecule has 0 aromatic carbocycles. The molecular weight excluding hydrogens is 216 g/mol. The molecule has 0 amide bonds. The van der Waals surface area contributed by atoms with Crippen molar-refractivity contribution in [3.05, 3.63) is 18.6 Å². The topological polar surface area (TPSA) is 79.0 Å². The fraction of sp³-hybridized carbons (Fsp3) is 0.250. The fourth-order valence-corrected chi connectivity index (χ4v) is 1.89. The van der Waals surface area contributed by atoms with Gasteiger partial charge in [-0.2, -0.15) is 0 Å². The van der Waals surface area contributed by atoms with Crippen LogP contribution in [0.15, 0.2) is 23.7 Å². The van der Waals surface area contributed by atoms with E-state index in [1.165, 1.54) is 20.3 Å². The van der Waals surface area contributed by atoms with Gasteiger partial charge in [-0.05, 0) is 0 Å². The molecule has 0 saturated heterocycles. The third-order valence-electron chi connectivity index (χ3n) is 2.02. The van der Waals surface area contributed by atoms with E-state index in [0.717, 1.165) is 9.87 Å². The van der Waals surface area contributed by atoms with Gasteiger partial charge in [0.1, 0.15) is 0 Å². The molecule has 0 unspecified atom stereocenters. The molecule has 80 valence electrons. The van der Waals surface area contributed by atoms with Crippen LogP contribution in [-0.2, 0) is 10.0 Å². The highest BCUT2D eigenvalue weighted by atomic mass is 32.2. The monoisotopic (exact) mass is 226 g/mol. The number of sulfonamides is 1. The standard InChI is InChI=1S/C8H10N4O2S/c1-12(2)15(13,14)8-10-4-6-3-9-5-7(6)11-8/h3-5H,1-2H3,(H,10,11). The van der Waals surface area contributed by atoms with Gasteiger partial charge < -0.3 is 4.98 Å². The molecule has 0 fully saturated rings. The Morgan fingerprint density at radius 3 is 2.67 bits per heavy atom. The third-order valence-corrected chi connectivity index (χ3v) is 3.67. The van der Waals surface area contributed by atoms with Crippen LogP contribution in [0.4, 0.5) is 0 Å². The van der Waals surface area contributed by atoms with Gasteiger partial charge in [-0.15, -0.1) is 0 Å². The second kappa shape index (κ2) is 3.28. The summed E-state index contributed by atoms with van der Waals surface area (Å²) in [4.78, 5) is 10.5. The second-order valence-electron chi connectivity index (χ2n) is 3.25. The first-order chi connectivity index (χ1) is 7.01. The number of fused-ring (bicyclic) bond motifs is 1.